The Balaban J connectivity index is 2.10. The second-order valence-corrected chi connectivity index (χ2v) is 6.55. The van der Waals surface area contributed by atoms with Crippen molar-refractivity contribution >= 4 is 29.0 Å². The number of benzene rings is 1. The first-order chi connectivity index (χ1) is 10.6. The summed E-state index contributed by atoms with van der Waals surface area (Å²) < 4.78 is 18.5. The second kappa shape index (κ2) is 7.76. The van der Waals surface area contributed by atoms with Crippen LogP contribution < -0.4 is 5.32 Å². The molecule has 0 unspecified atom stereocenters. The van der Waals surface area contributed by atoms with E-state index in [9.17, 15) is 9.18 Å². The number of hydrogen-bond acceptors (Lipinski definition) is 4. The summed E-state index contributed by atoms with van der Waals surface area (Å²) in [4.78, 5) is 14.0. The summed E-state index contributed by atoms with van der Waals surface area (Å²) in [6, 6.07) is 7.82. The van der Waals surface area contributed by atoms with Crippen LogP contribution in [0.5, 0.6) is 0 Å². The SMILES string of the molecule is CO[C@H](c1ccc(F)cc1)[C@@H](C)NC(=O)c1sccc1SC. The van der Waals surface area contributed by atoms with E-state index in [4.69, 9.17) is 4.74 Å². The summed E-state index contributed by atoms with van der Waals surface area (Å²) in [7, 11) is 1.58. The van der Waals surface area contributed by atoms with Crippen LogP contribution >= 0.6 is 23.1 Å². The third kappa shape index (κ3) is 3.88. The molecule has 0 fully saturated rings. The van der Waals surface area contributed by atoms with Crippen LogP contribution in [0.4, 0.5) is 4.39 Å². The predicted octanol–water partition coefficient (Wildman–Crippen LogP) is 4.12. The normalized spacial score (nSPS) is 13.6. The van der Waals surface area contributed by atoms with Crippen molar-refractivity contribution < 1.29 is 13.9 Å². The number of rotatable bonds is 6. The van der Waals surface area contributed by atoms with Crippen LogP contribution in [0.15, 0.2) is 40.6 Å². The van der Waals surface area contributed by atoms with Gasteiger partial charge in [0.15, 0.2) is 0 Å². The minimum Gasteiger partial charge on any atom is -0.375 e. The summed E-state index contributed by atoms with van der Waals surface area (Å²) in [5, 5.41) is 4.86. The number of thioether (sulfide) groups is 1. The molecule has 2 rings (SSSR count). The molecule has 1 N–H and O–H groups in total. The zero-order valence-electron chi connectivity index (χ0n) is 12.6. The van der Waals surface area contributed by atoms with Crippen LogP contribution in [0.2, 0.25) is 0 Å². The molecular weight excluding hydrogens is 321 g/mol. The Morgan fingerprint density at radius 3 is 2.59 bits per heavy atom. The number of methoxy groups -OCH3 is 1. The third-order valence-electron chi connectivity index (χ3n) is 3.32. The van der Waals surface area contributed by atoms with Gasteiger partial charge in [-0.2, -0.15) is 0 Å². The standard InChI is InChI=1S/C16H18FNO2S2/c1-10(14(20-2)11-4-6-12(17)7-5-11)18-16(19)15-13(21-3)8-9-22-15/h4-10,14H,1-3H3,(H,18,19)/t10-,14+/m1/s1. The lowest BCUT2D eigenvalue weighted by Gasteiger charge is -2.24. The van der Waals surface area contributed by atoms with Crippen LogP contribution in [-0.4, -0.2) is 25.3 Å². The van der Waals surface area contributed by atoms with Crippen molar-refractivity contribution in [3.63, 3.8) is 0 Å². The Hall–Kier alpha value is -1.37. The van der Waals surface area contributed by atoms with E-state index in [1.165, 1.54) is 23.5 Å². The van der Waals surface area contributed by atoms with E-state index in [0.717, 1.165) is 10.5 Å². The van der Waals surface area contributed by atoms with Crippen molar-refractivity contribution in [1.82, 2.24) is 5.32 Å². The van der Waals surface area contributed by atoms with E-state index in [1.54, 1.807) is 31.0 Å². The van der Waals surface area contributed by atoms with Crippen molar-refractivity contribution in [3.8, 4) is 0 Å². The van der Waals surface area contributed by atoms with Crippen molar-refractivity contribution in [2.24, 2.45) is 0 Å². The first-order valence-corrected chi connectivity index (χ1v) is 8.88. The smallest absolute Gasteiger partial charge is 0.262 e. The molecule has 6 heteroatoms. The molecule has 0 aliphatic heterocycles. The van der Waals surface area contributed by atoms with Gasteiger partial charge in [0.2, 0.25) is 0 Å². The number of halogens is 1. The Bertz CT molecular complexity index is 627. The number of carbonyl (C=O) groups excluding carboxylic acids is 1. The number of amides is 1. The van der Waals surface area contributed by atoms with Crippen molar-refractivity contribution in [3.05, 3.63) is 52.0 Å². The van der Waals surface area contributed by atoms with Gasteiger partial charge >= 0.3 is 0 Å². The van der Waals surface area contributed by atoms with Gasteiger partial charge < -0.3 is 10.1 Å². The van der Waals surface area contributed by atoms with E-state index in [1.807, 2.05) is 24.6 Å². The average molecular weight is 339 g/mol. The highest BCUT2D eigenvalue weighted by molar-refractivity contribution is 7.98. The molecule has 2 aromatic rings. The minimum absolute atomic E-state index is 0.115. The average Bonchev–Trinajstić information content (AvgIpc) is 2.98. The number of nitrogens with one attached hydrogen (secondary N) is 1. The van der Waals surface area contributed by atoms with Crippen molar-refractivity contribution in [2.75, 3.05) is 13.4 Å². The van der Waals surface area contributed by atoms with Gasteiger partial charge in [0.25, 0.3) is 5.91 Å². The Kier molecular flexibility index (Phi) is 5.99. The molecule has 1 aromatic carbocycles. The molecule has 0 saturated carbocycles. The van der Waals surface area contributed by atoms with Gasteiger partial charge in [-0.25, -0.2) is 4.39 Å². The molecule has 0 bridgehead atoms. The number of hydrogen-bond donors (Lipinski definition) is 1. The molecule has 3 nitrogen and oxygen atoms in total. The van der Waals surface area contributed by atoms with Gasteiger partial charge in [0.1, 0.15) is 16.8 Å². The first-order valence-electron chi connectivity index (χ1n) is 6.77. The first kappa shape index (κ1) is 17.0. The predicted molar refractivity (Wildman–Crippen MR) is 89.2 cm³/mol. The van der Waals surface area contributed by atoms with Crippen LogP contribution in [0, 0.1) is 5.82 Å². The third-order valence-corrected chi connectivity index (χ3v) is 5.14. The summed E-state index contributed by atoms with van der Waals surface area (Å²) in [5.74, 6) is -0.408. The maximum atomic E-state index is 13.0. The van der Waals surface area contributed by atoms with Gasteiger partial charge in [-0.15, -0.1) is 23.1 Å². The number of ether oxygens (including phenoxy) is 1. The Morgan fingerprint density at radius 2 is 2.00 bits per heavy atom. The van der Waals surface area contributed by atoms with Gasteiger partial charge in [0, 0.05) is 12.0 Å². The molecule has 22 heavy (non-hydrogen) atoms. The quantitative estimate of drug-likeness (QED) is 0.805. The highest BCUT2D eigenvalue weighted by atomic mass is 32.2. The van der Waals surface area contributed by atoms with Gasteiger partial charge in [0.05, 0.1) is 6.04 Å². The molecular formula is C16H18FNO2S2. The molecule has 1 aromatic heterocycles. The topological polar surface area (TPSA) is 38.3 Å². The van der Waals surface area contributed by atoms with Gasteiger partial charge in [-0.1, -0.05) is 12.1 Å². The van der Waals surface area contributed by atoms with Gasteiger partial charge in [-0.3, -0.25) is 4.79 Å². The molecule has 0 saturated heterocycles. The summed E-state index contributed by atoms with van der Waals surface area (Å²) >= 11 is 2.96. The lowest BCUT2D eigenvalue weighted by Crippen LogP contribution is -2.37. The van der Waals surface area contributed by atoms with E-state index in [-0.39, 0.29) is 23.9 Å². The maximum Gasteiger partial charge on any atom is 0.262 e. The van der Waals surface area contributed by atoms with Gasteiger partial charge in [-0.05, 0) is 42.3 Å². The Labute approximate surface area is 137 Å². The summed E-state index contributed by atoms with van der Waals surface area (Å²) in [5.41, 5.74) is 0.827. The highest BCUT2D eigenvalue weighted by Crippen LogP contribution is 2.26. The number of carbonyl (C=O) groups is 1. The monoisotopic (exact) mass is 339 g/mol. The van der Waals surface area contributed by atoms with Crippen LogP contribution in [-0.2, 0) is 4.74 Å². The van der Waals surface area contributed by atoms with Crippen LogP contribution in [0.3, 0.4) is 0 Å². The van der Waals surface area contributed by atoms with E-state index < -0.39 is 0 Å². The zero-order chi connectivity index (χ0) is 16.1. The molecule has 0 radical (unpaired) electrons. The van der Waals surface area contributed by atoms with Crippen molar-refractivity contribution in [2.45, 2.75) is 24.0 Å². The molecule has 1 amide bonds. The molecule has 2 atom stereocenters. The molecule has 1 heterocycles. The van der Waals surface area contributed by atoms with E-state index in [0.29, 0.717) is 4.88 Å². The van der Waals surface area contributed by atoms with E-state index >= 15 is 0 Å². The highest BCUT2D eigenvalue weighted by Gasteiger charge is 2.22. The second-order valence-electron chi connectivity index (χ2n) is 4.79. The molecule has 0 aliphatic carbocycles. The van der Waals surface area contributed by atoms with Crippen molar-refractivity contribution in [1.29, 1.82) is 0 Å². The molecule has 118 valence electrons. The Morgan fingerprint density at radius 1 is 1.32 bits per heavy atom. The lowest BCUT2D eigenvalue weighted by molar-refractivity contribution is 0.0645. The molecule has 0 aliphatic rings. The summed E-state index contributed by atoms with van der Waals surface area (Å²) in [6.07, 6.45) is 1.61. The van der Waals surface area contributed by atoms with Crippen LogP contribution in [0.25, 0.3) is 0 Å². The molecule has 0 spiro atoms. The number of thiophene rings is 1. The van der Waals surface area contributed by atoms with E-state index in [2.05, 4.69) is 5.32 Å². The largest absolute Gasteiger partial charge is 0.375 e. The fraction of sp³-hybridized carbons (Fsp3) is 0.312. The maximum absolute atomic E-state index is 13.0. The minimum atomic E-state index is -0.331. The van der Waals surface area contributed by atoms with Crippen LogP contribution in [0.1, 0.15) is 28.3 Å². The fourth-order valence-electron chi connectivity index (χ4n) is 2.25. The lowest BCUT2D eigenvalue weighted by atomic mass is 10.0. The summed E-state index contributed by atoms with van der Waals surface area (Å²) in [6.45, 7) is 1.88. The fourth-order valence-corrected chi connectivity index (χ4v) is 3.91. The zero-order valence-corrected chi connectivity index (χ0v) is 14.3.